The van der Waals surface area contributed by atoms with Gasteiger partial charge in [-0.25, -0.2) is 4.79 Å². The van der Waals surface area contributed by atoms with Crippen LogP contribution in [-0.2, 0) is 31.8 Å². The Bertz CT molecular complexity index is 1770. The highest BCUT2D eigenvalue weighted by Crippen LogP contribution is 2.71. The van der Waals surface area contributed by atoms with Gasteiger partial charge in [-0.1, -0.05) is 84.9 Å². The monoisotopic (exact) mass is 833 g/mol. The molecule has 3 saturated carbocycles. The second-order valence-electron chi connectivity index (χ2n) is 19.3. The van der Waals surface area contributed by atoms with E-state index in [1.54, 1.807) is 0 Å². The number of ether oxygens (including phenoxy) is 3. The molecule has 9 rings (SSSR count). The fourth-order valence-corrected chi connectivity index (χ4v) is 17.0. The van der Waals surface area contributed by atoms with Crippen molar-refractivity contribution in [2.24, 2.45) is 40.4 Å². The van der Waals surface area contributed by atoms with E-state index >= 15 is 0 Å². The summed E-state index contributed by atoms with van der Waals surface area (Å²) >= 11 is 0. The standard InChI is InChI=1S/C48H67NO7S2/c1-3-4-5-10-30-11-8-12-31(21-30)22-32-23-38-40(52)25-37-33(15-20-48(37)19-9-18-47(48)16-6-7-17-47)28-57-58-29-34-13-14-41-42(39(24-32)49(34)38)35(26-50)44(55-41)45-43(54-2)36(27-51)46(53)56-45/h8,11-12,14,21,32-35,37-40,42,50-52H,3-7,9-10,13,15-20,22-29H2,1-2H3. The molecular weight excluding hydrogens is 767 g/mol. The SMILES string of the molecule is CCCCCc1cccc(CC2CC3C(O)CC4C(CCC45CCCC54CCCC4)CSSCC4CC=C5OC(=C6OC(=O)C(CO)=C6OC)C(CO)C5C(C2)N43)c1. The van der Waals surface area contributed by atoms with E-state index < -0.39 is 24.6 Å². The van der Waals surface area contributed by atoms with Crippen molar-refractivity contribution < 1.29 is 34.3 Å². The molecule has 3 aliphatic carbocycles. The van der Waals surface area contributed by atoms with Crippen LogP contribution in [-0.4, -0.2) is 82.2 Å². The third kappa shape index (κ3) is 7.23. The number of methoxy groups -OCH3 is 1. The minimum absolute atomic E-state index is 0.00653. The Morgan fingerprint density at radius 1 is 0.948 bits per heavy atom. The van der Waals surface area contributed by atoms with Crippen LogP contribution >= 0.6 is 21.6 Å². The normalized spacial score (nSPS) is 38.5. The zero-order valence-electron chi connectivity index (χ0n) is 34.9. The maximum absolute atomic E-state index is 13.1. The summed E-state index contributed by atoms with van der Waals surface area (Å²) in [5.74, 6) is 4.00. The Kier molecular flexibility index (Phi) is 12.4. The van der Waals surface area contributed by atoms with Gasteiger partial charge in [0, 0.05) is 35.5 Å². The lowest BCUT2D eigenvalue weighted by molar-refractivity contribution is -0.134. The topological polar surface area (TPSA) is 109 Å². The smallest absolute Gasteiger partial charge is 0.345 e. The third-order valence-electron chi connectivity index (χ3n) is 16.7. The Labute approximate surface area is 354 Å². The molecule has 2 spiro atoms. The van der Waals surface area contributed by atoms with Crippen molar-refractivity contribution in [3.8, 4) is 0 Å². The van der Waals surface area contributed by atoms with E-state index in [0.29, 0.717) is 34.3 Å². The van der Waals surface area contributed by atoms with Gasteiger partial charge < -0.3 is 29.5 Å². The van der Waals surface area contributed by atoms with E-state index in [1.165, 1.54) is 101 Å². The second-order valence-corrected chi connectivity index (χ2v) is 21.9. The molecule has 0 radical (unpaired) electrons. The maximum atomic E-state index is 13.1. The van der Waals surface area contributed by atoms with Crippen molar-refractivity contribution in [3.05, 3.63) is 70.1 Å². The molecule has 8 aliphatic rings. The molecule has 3 saturated heterocycles. The predicted octanol–water partition coefficient (Wildman–Crippen LogP) is 8.89. The maximum Gasteiger partial charge on any atom is 0.345 e. The summed E-state index contributed by atoms with van der Waals surface area (Å²) < 4.78 is 18.2. The van der Waals surface area contributed by atoms with Crippen LogP contribution in [0.1, 0.15) is 121 Å². The van der Waals surface area contributed by atoms with Gasteiger partial charge in [0.25, 0.3) is 0 Å². The van der Waals surface area contributed by atoms with Gasteiger partial charge in [0.2, 0.25) is 5.76 Å². The van der Waals surface area contributed by atoms with Gasteiger partial charge in [-0.15, -0.1) is 0 Å². The van der Waals surface area contributed by atoms with Crippen molar-refractivity contribution in [3.63, 3.8) is 0 Å². The zero-order valence-corrected chi connectivity index (χ0v) is 36.5. The Morgan fingerprint density at radius 2 is 1.74 bits per heavy atom. The number of fused-ring (bicyclic) bond motifs is 5. The number of benzene rings is 1. The van der Waals surface area contributed by atoms with Crippen molar-refractivity contribution in [1.29, 1.82) is 0 Å². The first-order chi connectivity index (χ1) is 28.3. The molecule has 3 N–H and O–H groups in total. The van der Waals surface area contributed by atoms with Gasteiger partial charge in [-0.2, -0.15) is 0 Å². The average Bonchev–Trinajstić information content (AvgIpc) is 4.05. The van der Waals surface area contributed by atoms with Crippen molar-refractivity contribution in [2.45, 2.75) is 147 Å². The number of aliphatic hydroxyl groups excluding tert-OH is 3. The first kappa shape index (κ1) is 41.4. The number of hydrogen-bond donors (Lipinski definition) is 3. The van der Waals surface area contributed by atoms with E-state index in [1.807, 2.05) is 10.8 Å². The van der Waals surface area contributed by atoms with E-state index in [9.17, 15) is 20.1 Å². The number of aryl methyl sites for hydroxylation is 1. The van der Waals surface area contributed by atoms with Crippen LogP contribution in [0, 0.1) is 40.4 Å². The summed E-state index contributed by atoms with van der Waals surface area (Å²) in [6.45, 7) is 1.57. The van der Waals surface area contributed by atoms with Crippen LogP contribution in [0.25, 0.3) is 0 Å². The van der Waals surface area contributed by atoms with Crippen molar-refractivity contribution in [1.82, 2.24) is 4.90 Å². The zero-order chi connectivity index (χ0) is 40.0. The Balaban J connectivity index is 1.10. The van der Waals surface area contributed by atoms with Crippen LogP contribution in [0.5, 0.6) is 0 Å². The molecule has 58 heavy (non-hydrogen) atoms. The van der Waals surface area contributed by atoms with E-state index in [-0.39, 0.29) is 47.7 Å². The fraction of sp³-hybridized carbons (Fsp3) is 0.729. The minimum Gasteiger partial charge on any atom is -0.492 e. The molecule has 8 nitrogen and oxygen atoms in total. The summed E-state index contributed by atoms with van der Waals surface area (Å²) in [5.41, 5.74) is 3.70. The van der Waals surface area contributed by atoms with Gasteiger partial charge in [-0.3, -0.25) is 4.90 Å². The number of cyclic esters (lactones) is 1. The molecule has 6 fully saturated rings. The Morgan fingerprint density at radius 3 is 2.53 bits per heavy atom. The summed E-state index contributed by atoms with van der Waals surface area (Å²) in [4.78, 5) is 15.6. The van der Waals surface area contributed by atoms with E-state index in [4.69, 9.17) is 14.2 Å². The van der Waals surface area contributed by atoms with Gasteiger partial charge in [0.15, 0.2) is 11.5 Å². The summed E-state index contributed by atoms with van der Waals surface area (Å²) in [5, 5.41) is 34.5. The molecule has 0 aromatic heterocycles. The van der Waals surface area contributed by atoms with Gasteiger partial charge in [0.1, 0.15) is 11.3 Å². The van der Waals surface area contributed by atoms with Crippen molar-refractivity contribution in [2.75, 3.05) is 31.8 Å². The molecule has 0 bridgehead atoms. The van der Waals surface area contributed by atoms with E-state index in [0.717, 1.165) is 50.0 Å². The molecular formula is C48H67NO7S2. The fourth-order valence-electron chi connectivity index (χ4n) is 14.2. The van der Waals surface area contributed by atoms with Gasteiger partial charge in [0.05, 0.1) is 32.3 Å². The highest BCUT2D eigenvalue weighted by molar-refractivity contribution is 8.76. The Hall–Kier alpha value is -1.95. The second kappa shape index (κ2) is 17.4. The number of rotatable bonds is 9. The van der Waals surface area contributed by atoms with Crippen LogP contribution < -0.4 is 0 Å². The first-order valence-corrected chi connectivity index (χ1v) is 25.4. The molecule has 5 aliphatic heterocycles. The summed E-state index contributed by atoms with van der Waals surface area (Å²) in [6, 6.07) is 9.48. The highest BCUT2D eigenvalue weighted by atomic mass is 33.1. The summed E-state index contributed by atoms with van der Waals surface area (Å²) in [6.07, 6.45) is 23.4. The molecule has 10 heteroatoms. The van der Waals surface area contributed by atoms with Crippen LogP contribution in [0.3, 0.4) is 0 Å². The minimum atomic E-state index is -0.646. The lowest BCUT2D eigenvalue weighted by atomic mass is 9.57. The number of piperidine rings is 1. The van der Waals surface area contributed by atoms with Gasteiger partial charge in [-0.05, 0) is 129 Å². The van der Waals surface area contributed by atoms with Crippen LogP contribution in [0.15, 0.2) is 59.0 Å². The highest BCUT2D eigenvalue weighted by Gasteiger charge is 2.63. The van der Waals surface area contributed by atoms with Crippen LogP contribution in [0.2, 0.25) is 0 Å². The van der Waals surface area contributed by atoms with Crippen LogP contribution in [0.4, 0.5) is 0 Å². The van der Waals surface area contributed by atoms with Gasteiger partial charge >= 0.3 is 5.97 Å². The van der Waals surface area contributed by atoms with E-state index in [2.05, 4.69) is 53.0 Å². The molecule has 1 aromatic carbocycles. The number of esters is 1. The molecule has 0 amide bonds. The lowest BCUT2D eigenvalue weighted by Gasteiger charge is -2.53. The quantitative estimate of drug-likeness (QED) is 0.127. The number of carbonyl (C=O) groups excluding carboxylic acids is 1. The average molecular weight is 834 g/mol. The predicted molar refractivity (Wildman–Crippen MR) is 230 cm³/mol. The number of unbranched alkanes of at least 4 members (excludes halogenated alkanes) is 2. The third-order valence-corrected chi connectivity index (χ3v) is 19.2. The largest absolute Gasteiger partial charge is 0.492 e. The molecule has 10 unspecified atom stereocenters. The molecule has 318 valence electrons. The number of aliphatic hydroxyl groups is 3. The number of nitrogens with zero attached hydrogens (tertiary/aromatic N) is 1. The summed E-state index contributed by atoms with van der Waals surface area (Å²) in [7, 11) is 5.59. The number of hydrogen-bond acceptors (Lipinski definition) is 10. The first-order valence-electron chi connectivity index (χ1n) is 22.9. The lowest BCUT2D eigenvalue weighted by Crippen LogP contribution is -2.61. The van der Waals surface area contributed by atoms with Crippen molar-refractivity contribution >= 4 is 27.6 Å². The molecule has 5 heterocycles. The molecule has 10 atom stereocenters. The number of carbonyl (C=O) groups is 1. The molecule has 1 aromatic rings.